The van der Waals surface area contributed by atoms with E-state index >= 15 is 0 Å². The first kappa shape index (κ1) is 14.3. The van der Waals surface area contributed by atoms with Crippen molar-refractivity contribution in [2.45, 2.75) is 25.7 Å². The van der Waals surface area contributed by atoms with Gasteiger partial charge < -0.3 is 15.2 Å². The smallest absolute Gasteiger partial charge is 0.303 e. The number of rotatable bonds is 6. The number of anilines is 1. The average molecular weight is 300 g/mol. The molecule has 22 heavy (non-hydrogen) atoms. The molecule has 1 aliphatic heterocycles. The van der Waals surface area contributed by atoms with Gasteiger partial charge in [0.1, 0.15) is 11.6 Å². The Morgan fingerprint density at radius 3 is 3.00 bits per heavy atom. The van der Waals surface area contributed by atoms with Gasteiger partial charge in [-0.25, -0.2) is 4.98 Å². The largest absolute Gasteiger partial charge is 0.494 e. The molecule has 0 bridgehead atoms. The van der Waals surface area contributed by atoms with Crippen LogP contribution in [0.1, 0.15) is 24.8 Å². The molecule has 1 amide bonds. The van der Waals surface area contributed by atoms with E-state index in [1.54, 1.807) is 0 Å². The molecular weight excluding hydrogens is 284 g/mol. The third-order valence-corrected chi connectivity index (χ3v) is 3.53. The maximum absolute atomic E-state index is 11.4. The van der Waals surface area contributed by atoms with Gasteiger partial charge in [-0.3, -0.25) is 9.59 Å². The number of nitrogens with zero attached hydrogens (tertiary/aromatic N) is 1. The van der Waals surface area contributed by atoms with E-state index < -0.39 is 5.97 Å². The second-order valence-corrected chi connectivity index (χ2v) is 5.27. The van der Waals surface area contributed by atoms with Gasteiger partial charge in [-0.1, -0.05) is 0 Å². The second-order valence-electron chi connectivity index (χ2n) is 5.27. The van der Waals surface area contributed by atoms with Gasteiger partial charge >= 0.3 is 5.97 Å². The van der Waals surface area contributed by atoms with E-state index in [4.69, 9.17) is 9.84 Å². The van der Waals surface area contributed by atoms with Gasteiger partial charge in [-0.05, 0) is 37.1 Å². The summed E-state index contributed by atoms with van der Waals surface area (Å²) in [5.74, 6) is 0.545. The van der Waals surface area contributed by atoms with E-state index in [0.717, 1.165) is 22.2 Å². The Labute approximate surface area is 127 Å². The number of carboxylic acid groups (broad SMARTS) is 1. The molecule has 3 rings (SSSR count). The van der Waals surface area contributed by atoms with E-state index in [1.807, 2.05) is 24.3 Å². The van der Waals surface area contributed by atoms with Crippen molar-refractivity contribution in [3.63, 3.8) is 0 Å². The summed E-state index contributed by atoms with van der Waals surface area (Å²) in [5.41, 5.74) is 1.70. The number of carbonyl (C=O) groups is 2. The number of carboxylic acids is 1. The Hall–Kier alpha value is -2.63. The Bertz CT molecular complexity index is 742. The van der Waals surface area contributed by atoms with Crippen LogP contribution in [0, 0.1) is 0 Å². The van der Waals surface area contributed by atoms with Gasteiger partial charge in [0.15, 0.2) is 0 Å². The van der Waals surface area contributed by atoms with E-state index in [9.17, 15) is 9.59 Å². The number of unbranched alkanes of at least 4 members (excludes halogenated alkanes) is 1. The number of fused-ring (bicyclic) bond motifs is 2. The van der Waals surface area contributed by atoms with Crippen molar-refractivity contribution in [3.8, 4) is 5.75 Å². The zero-order valence-electron chi connectivity index (χ0n) is 12.0. The summed E-state index contributed by atoms with van der Waals surface area (Å²) in [7, 11) is 0. The molecule has 0 atom stereocenters. The fraction of sp³-hybridized carbons (Fsp3) is 0.312. The zero-order valence-corrected chi connectivity index (χ0v) is 12.0. The molecule has 6 heteroatoms. The fourth-order valence-electron chi connectivity index (χ4n) is 2.45. The molecule has 2 N–H and O–H groups in total. The zero-order chi connectivity index (χ0) is 15.5. The number of benzene rings is 1. The summed E-state index contributed by atoms with van der Waals surface area (Å²) in [5, 5.41) is 12.2. The van der Waals surface area contributed by atoms with Crippen molar-refractivity contribution in [2.75, 3.05) is 11.9 Å². The number of aromatic nitrogens is 1. The Balaban J connectivity index is 1.67. The quantitative estimate of drug-likeness (QED) is 0.799. The lowest BCUT2D eigenvalue weighted by Crippen LogP contribution is -2.04. The molecule has 0 saturated heterocycles. The molecule has 1 aliphatic rings. The Morgan fingerprint density at radius 1 is 1.32 bits per heavy atom. The van der Waals surface area contributed by atoms with Gasteiger partial charge in [0.25, 0.3) is 0 Å². The number of hydrogen-bond donors (Lipinski definition) is 2. The van der Waals surface area contributed by atoms with E-state index in [0.29, 0.717) is 31.7 Å². The minimum Gasteiger partial charge on any atom is -0.494 e. The minimum absolute atomic E-state index is 0.0345. The molecular formula is C16H16N2O4. The van der Waals surface area contributed by atoms with E-state index in [1.165, 1.54) is 0 Å². The summed E-state index contributed by atoms with van der Waals surface area (Å²) in [6, 6.07) is 7.53. The van der Waals surface area contributed by atoms with Crippen LogP contribution in [0.2, 0.25) is 0 Å². The first-order chi connectivity index (χ1) is 10.6. The third-order valence-electron chi connectivity index (χ3n) is 3.53. The topological polar surface area (TPSA) is 88.5 Å². The summed E-state index contributed by atoms with van der Waals surface area (Å²) < 4.78 is 5.63. The highest BCUT2D eigenvalue weighted by Crippen LogP contribution is 2.27. The van der Waals surface area contributed by atoms with Crippen LogP contribution < -0.4 is 10.1 Å². The summed E-state index contributed by atoms with van der Waals surface area (Å²) in [4.78, 5) is 26.2. The summed E-state index contributed by atoms with van der Waals surface area (Å²) >= 11 is 0. The van der Waals surface area contributed by atoms with Crippen LogP contribution in [-0.2, 0) is 16.0 Å². The van der Waals surface area contributed by atoms with E-state index in [-0.39, 0.29) is 12.3 Å². The van der Waals surface area contributed by atoms with Crippen molar-refractivity contribution in [1.29, 1.82) is 0 Å². The highest BCUT2D eigenvalue weighted by molar-refractivity contribution is 6.00. The standard InChI is InChI=1S/C16H16N2O4/c19-14-9-11-7-10-8-12(22-6-2-1-3-15(20)21)4-5-13(10)17-16(11)18-14/h4-5,7-8H,1-3,6,9H2,(H,20,21)(H,17,18,19). The minimum atomic E-state index is -0.784. The first-order valence-corrected chi connectivity index (χ1v) is 7.20. The number of pyridine rings is 1. The van der Waals surface area contributed by atoms with Crippen LogP contribution in [0.4, 0.5) is 5.82 Å². The summed E-state index contributed by atoms with van der Waals surface area (Å²) in [6.45, 7) is 0.483. The van der Waals surface area contributed by atoms with Crippen LogP contribution >= 0.6 is 0 Å². The van der Waals surface area contributed by atoms with Crippen molar-refractivity contribution < 1.29 is 19.4 Å². The molecule has 0 unspecified atom stereocenters. The SMILES string of the molecule is O=C(O)CCCCOc1ccc2nc3c(cc2c1)CC(=O)N3. The molecule has 114 valence electrons. The number of aliphatic carboxylic acids is 1. The number of carbonyl (C=O) groups excluding carboxylic acids is 1. The monoisotopic (exact) mass is 300 g/mol. The fourth-order valence-corrected chi connectivity index (χ4v) is 2.45. The van der Waals surface area contributed by atoms with Crippen LogP contribution in [-0.4, -0.2) is 28.6 Å². The van der Waals surface area contributed by atoms with Gasteiger partial charge in [0, 0.05) is 17.4 Å². The molecule has 1 aromatic carbocycles. The number of hydrogen-bond acceptors (Lipinski definition) is 4. The average Bonchev–Trinajstić information content (AvgIpc) is 2.83. The van der Waals surface area contributed by atoms with Crippen molar-refractivity contribution in [1.82, 2.24) is 4.98 Å². The van der Waals surface area contributed by atoms with Crippen molar-refractivity contribution in [2.24, 2.45) is 0 Å². The molecule has 0 radical (unpaired) electrons. The Morgan fingerprint density at radius 2 is 2.18 bits per heavy atom. The molecule has 2 heterocycles. The lowest BCUT2D eigenvalue weighted by Gasteiger charge is -2.07. The number of nitrogens with one attached hydrogen (secondary N) is 1. The first-order valence-electron chi connectivity index (χ1n) is 7.20. The van der Waals surface area contributed by atoms with Crippen LogP contribution in [0.3, 0.4) is 0 Å². The second kappa shape index (κ2) is 6.01. The van der Waals surface area contributed by atoms with Gasteiger partial charge in [-0.2, -0.15) is 0 Å². The maximum Gasteiger partial charge on any atom is 0.303 e. The Kier molecular flexibility index (Phi) is 3.91. The molecule has 6 nitrogen and oxygen atoms in total. The van der Waals surface area contributed by atoms with Crippen molar-refractivity contribution >= 4 is 28.6 Å². The van der Waals surface area contributed by atoms with Gasteiger partial charge in [-0.15, -0.1) is 0 Å². The molecule has 1 aromatic heterocycles. The van der Waals surface area contributed by atoms with Crippen molar-refractivity contribution in [3.05, 3.63) is 29.8 Å². The molecule has 0 spiro atoms. The molecule has 0 saturated carbocycles. The molecule has 2 aromatic rings. The molecule has 0 fully saturated rings. The predicted molar refractivity (Wildman–Crippen MR) is 81.1 cm³/mol. The van der Waals surface area contributed by atoms with Crippen LogP contribution in [0.15, 0.2) is 24.3 Å². The van der Waals surface area contributed by atoms with Gasteiger partial charge in [0.2, 0.25) is 5.91 Å². The van der Waals surface area contributed by atoms with Crippen LogP contribution in [0.25, 0.3) is 10.9 Å². The third kappa shape index (κ3) is 3.16. The maximum atomic E-state index is 11.4. The van der Waals surface area contributed by atoms with E-state index in [2.05, 4.69) is 10.3 Å². The highest BCUT2D eigenvalue weighted by atomic mass is 16.5. The lowest BCUT2D eigenvalue weighted by molar-refractivity contribution is -0.137. The molecule has 0 aliphatic carbocycles. The van der Waals surface area contributed by atoms with Crippen LogP contribution in [0.5, 0.6) is 5.75 Å². The summed E-state index contributed by atoms with van der Waals surface area (Å²) in [6.07, 6.45) is 1.83. The normalized spacial score (nSPS) is 13.0. The highest BCUT2D eigenvalue weighted by Gasteiger charge is 2.19. The predicted octanol–water partition coefficient (Wildman–Crippen LogP) is 2.36. The van der Waals surface area contributed by atoms with Gasteiger partial charge in [0.05, 0.1) is 18.5 Å². The lowest BCUT2D eigenvalue weighted by atomic mass is 10.1. The number of ether oxygens (including phenoxy) is 1. The number of amides is 1.